The van der Waals surface area contributed by atoms with Crippen molar-refractivity contribution in [3.8, 4) is 11.1 Å². The molecule has 7 nitrogen and oxygen atoms in total. The lowest BCUT2D eigenvalue weighted by molar-refractivity contribution is -0.862. The number of esters is 1. The molecule has 2 amide bonds. The predicted octanol–water partition coefficient (Wildman–Crippen LogP) is 1.44. The van der Waals surface area contributed by atoms with Crippen molar-refractivity contribution in [2.24, 2.45) is 0 Å². The Kier molecular flexibility index (Phi) is 7.92. The normalized spacial score (nSPS) is 11.6. The zero-order valence-corrected chi connectivity index (χ0v) is 18.3. The molecule has 1 heterocycles. The summed E-state index contributed by atoms with van der Waals surface area (Å²) in [6, 6.07) is 7.83. The van der Waals surface area contributed by atoms with Crippen molar-refractivity contribution in [3.63, 3.8) is 0 Å². The number of thiophene rings is 1. The summed E-state index contributed by atoms with van der Waals surface area (Å²) in [6.07, 6.45) is 0. The Morgan fingerprint density at radius 3 is 2.38 bits per heavy atom. The molecule has 0 aliphatic rings. The average Bonchev–Trinajstić information content (AvgIpc) is 3.05. The van der Waals surface area contributed by atoms with E-state index < -0.39 is 5.97 Å². The maximum Gasteiger partial charge on any atom is 0.341 e. The van der Waals surface area contributed by atoms with E-state index >= 15 is 0 Å². The third-order valence-corrected chi connectivity index (χ3v) is 5.20. The summed E-state index contributed by atoms with van der Waals surface area (Å²) in [5, 5.41) is 5.12. The molecule has 29 heavy (non-hydrogen) atoms. The van der Waals surface area contributed by atoms with Crippen LogP contribution in [-0.4, -0.2) is 63.5 Å². The van der Waals surface area contributed by atoms with Crippen molar-refractivity contribution in [2.75, 3.05) is 46.2 Å². The Labute approximate surface area is 175 Å². The van der Waals surface area contributed by atoms with Gasteiger partial charge in [-0.15, -0.1) is 11.3 Å². The fourth-order valence-electron chi connectivity index (χ4n) is 2.73. The largest absolute Gasteiger partial charge is 0.462 e. The maximum absolute atomic E-state index is 12.6. The van der Waals surface area contributed by atoms with Crippen LogP contribution in [0.25, 0.3) is 11.1 Å². The molecule has 1 aromatic carbocycles. The SMILES string of the molecule is CCOC(=O)c1c(-c2ccc(C)cc2)csc1NC(=O)C[NH+](C)CC(=O)N(C)C. The molecule has 0 aliphatic carbocycles. The molecule has 2 rings (SSSR count). The molecule has 1 unspecified atom stereocenters. The van der Waals surface area contributed by atoms with Crippen molar-refractivity contribution in [3.05, 3.63) is 40.8 Å². The number of carbonyl (C=O) groups excluding carboxylic acids is 3. The quantitative estimate of drug-likeness (QED) is 0.636. The van der Waals surface area contributed by atoms with E-state index in [1.807, 2.05) is 36.6 Å². The molecule has 1 aromatic heterocycles. The first kappa shape index (κ1) is 22.6. The standard InChI is InChI=1S/C21H27N3O4S/c1-6-28-21(27)19-16(15-9-7-14(2)8-10-15)13-29-20(19)22-17(25)11-24(5)12-18(26)23(3)4/h7-10,13H,6,11-12H2,1-5H3,(H,22,25)/p+1. The Morgan fingerprint density at radius 1 is 1.14 bits per heavy atom. The number of hydrogen-bond acceptors (Lipinski definition) is 5. The Bertz CT molecular complexity index is 875. The number of aryl methyl sites for hydroxylation is 1. The van der Waals surface area contributed by atoms with Crippen LogP contribution in [0.5, 0.6) is 0 Å². The van der Waals surface area contributed by atoms with Gasteiger partial charge in [0.2, 0.25) is 0 Å². The third kappa shape index (κ3) is 6.13. The number of hydrogen-bond donors (Lipinski definition) is 2. The third-order valence-electron chi connectivity index (χ3n) is 4.30. The van der Waals surface area contributed by atoms with Crippen LogP contribution in [0.2, 0.25) is 0 Å². The van der Waals surface area contributed by atoms with Gasteiger partial charge in [-0.1, -0.05) is 29.8 Å². The summed E-state index contributed by atoms with van der Waals surface area (Å²) in [6.45, 7) is 4.31. The number of benzene rings is 1. The first-order chi connectivity index (χ1) is 13.7. The van der Waals surface area contributed by atoms with Gasteiger partial charge >= 0.3 is 5.97 Å². The van der Waals surface area contributed by atoms with E-state index in [0.717, 1.165) is 21.6 Å². The smallest absolute Gasteiger partial charge is 0.341 e. The van der Waals surface area contributed by atoms with Crippen LogP contribution in [-0.2, 0) is 14.3 Å². The summed E-state index contributed by atoms with van der Waals surface area (Å²) in [4.78, 5) is 39.1. The molecule has 2 aromatic rings. The molecule has 1 atom stereocenters. The van der Waals surface area contributed by atoms with Crippen molar-refractivity contribution in [1.82, 2.24) is 4.90 Å². The summed E-state index contributed by atoms with van der Waals surface area (Å²) in [7, 11) is 5.14. The lowest BCUT2D eigenvalue weighted by atomic mass is 10.0. The van der Waals surface area contributed by atoms with Gasteiger partial charge in [0.25, 0.3) is 11.8 Å². The number of nitrogens with one attached hydrogen (secondary N) is 2. The number of anilines is 1. The summed E-state index contributed by atoms with van der Waals surface area (Å²) in [5.41, 5.74) is 3.09. The summed E-state index contributed by atoms with van der Waals surface area (Å²) >= 11 is 1.29. The van der Waals surface area contributed by atoms with E-state index in [4.69, 9.17) is 4.74 Å². The maximum atomic E-state index is 12.6. The zero-order valence-electron chi connectivity index (χ0n) is 17.5. The molecule has 2 N–H and O–H groups in total. The molecule has 0 aliphatic heterocycles. The van der Waals surface area contributed by atoms with Gasteiger partial charge in [0.05, 0.1) is 13.7 Å². The van der Waals surface area contributed by atoms with E-state index in [0.29, 0.717) is 10.6 Å². The monoisotopic (exact) mass is 418 g/mol. The molecule has 156 valence electrons. The number of quaternary nitrogens is 1. The molecular weight excluding hydrogens is 390 g/mol. The van der Waals surface area contributed by atoms with Crippen LogP contribution in [0.1, 0.15) is 22.8 Å². The highest BCUT2D eigenvalue weighted by Gasteiger charge is 2.24. The summed E-state index contributed by atoms with van der Waals surface area (Å²) < 4.78 is 5.22. The van der Waals surface area contributed by atoms with Crippen LogP contribution in [0.15, 0.2) is 29.6 Å². The fraction of sp³-hybridized carbons (Fsp3) is 0.381. The second-order valence-corrected chi connectivity index (χ2v) is 7.97. The Morgan fingerprint density at radius 2 is 1.79 bits per heavy atom. The highest BCUT2D eigenvalue weighted by Crippen LogP contribution is 2.36. The summed E-state index contributed by atoms with van der Waals surface area (Å²) in [5.74, 6) is -0.791. The average molecular weight is 419 g/mol. The number of ether oxygens (including phenoxy) is 1. The van der Waals surface area contributed by atoms with Crippen molar-refractivity contribution in [1.29, 1.82) is 0 Å². The van der Waals surface area contributed by atoms with E-state index in [1.165, 1.54) is 16.2 Å². The van der Waals surface area contributed by atoms with Gasteiger partial charge in [-0.25, -0.2) is 4.79 Å². The van der Waals surface area contributed by atoms with Gasteiger partial charge in [0.1, 0.15) is 10.6 Å². The van der Waals surface area contributed by atoms with Gasteiger partial charge in [-0.3, -0.25) is 9.59 Å². The van der Waals surface area contributed by atoms with Crippen LogP contribution in [0.3, 0.4) is 0 Å². The van der Waals surface area contributed by atoms with Crippen molar-refractivity contribution in [2.45, 2.75) is 13.8 Å². The van der Waals surface area contributed by atoms with Gasteiger partial charge in [0, 0.05) is 25.0 Å². The highest BCUT2D eigenvalue weighted by atomic mass is 32.1. The number of likely N-dealkylation sites (N-methyl/N-ethyl adjacent to an activating group) is 2. The zero-order chi connectivity index (χ0) is 21.6. The second-order valence-electron chi connectivity index (χ2n) is 7.09. The minimum atomic E-state index is -0.469. The highest BCUT2D eigenvalue weighted by molar-refractivity contribution is 7.15. The van der Waals surface area contributed by atoms with Gasteiger partial charge in [0.15, 0.2) is 13.1 Å². The number of rotatable bonds is 8. The van der Waals surface area contributed by atoms with Gasteiger partial charge < -0.3 is 19.9 Å². The first-order valence-corrected chi connectivity index (χ1v) is 10.3. The number of amides is 2. The van der Waals surface area contributed by atoms with E-state index in [2.05, 4.69) is 5.32 Å². The number of carbonyl (C=O) groups is 3. The van der Waals surface area contributed by atoms with E-state index in [9.17, 15) is 14.4 Å². The topological polar surface area (TPSA) is 80.1 Å². The predicted molar refractivity (Wildman–Crippen MR) is 114 cm³/mol. The fourth-order valence-corrected chi connectivity index (χ4v) is 3.70. The van der Waals surface area contributed by atoms with E-state index in [-0.39, 0.29) is 31.5 Å². The molecule has 0 fully saturated rings. The van der Waals surface area contributed by atoms with Crippen molar-refractivity contribution < 1.29 is 24.0 Å². The van der Waals surface area contributed by atoms with Gasteiger partial charge in [-0.2, -0.15) is 0 Å². The minimum Gasteiger partial charge on any atom is -0.462 e. The molecule has 8 heteroatoms. The van der Waals surface area contributed by atoms with E-state index in [1.54, 1.807) is 28.1 Å². The molecule has 0 saturated carbocycles. The van der Waals surface area contributed by atoms with Crippen LogP contribution in [0.4, 0.5) is 5.00 Å². The Hall–Kier alpha value is -2.71. The van der Waals surface area contributed by atoms with Crippen LogP contribution >= 0.6 is 11.3 Å². The first-order valence-electron chi connectivity index (χ1n) is 9.39. The lowest BCUT2D eigenvalue weighted by Crippen LogP contribution is -3.11. The van der Waals surface area contributed by atoms with Crippen LogP contribution < -0.4 is 10.2 Å². The molecule has 0 radical (unpaired) electrons. The van der Waals surface area contributed by atoms with Gasteiger partial charge in [-0.05, 0) is 19.4 Å². The molecule has 0 spiro atoms. The van der Waals surface area contributed by atoms with Crippen LogP contribution in [0, 0.1) is 6.92 Å². The molecule has 0 saturated heterocycles. The molecular formula is C21H28N3O4S+. The second kappa shape index (κ2) is 10.2. The van der Waals surface area contributed by atoms with Crippen molar-refractivity contribution >= 4 is 34.1 Å². The molecule has 0 bridgehead atoms. The Balaban J connectivity index is 2.21. The lowest BCUT2D eigenvalue weighted by Gasteiger charge is -2.16. The minimum absolute atomic E-state index is 0.0553. The number of nitrogens with zero attached hydrogens (tertiary/aromatic N) is 1.